The molecule has 14 N–H and O–H groups in total. The number of nitrogens with zero attached hydrogens (tertiary/aromatic N) is 2. The molecule has 2 fully saturated rings. The number of rotatable bonds is 31. The van der Waals surface area contributed by atoms with E-state index in [9.17, 15) is 73.2 Å². The topological polar surface area (TPSA) is 399 Å². The quantitative estimate of drug-likeness (QED) is 0.0488. The first-order valence-electron chi connectivity index (χ1n) is 27.7. The molecule has 4 rings (SSSR count). The fourth-order valence-electron chi connectivity index (χ4n) is 9.84. The molecule has 446 valence electrons. The minimum absolute atomic E-state index is 0.00609. The van der Waals surface area contributed by atoms with E-state index in [0.717, 1.165) is 0 Å². The van der Waals surface area contributed by atoms with Gasteiger partial charge in [0.05, 0.1) is 6.04 Å². The van der Waals surface area contributed by atoms with Crippen molar-refractivity contribution in [2.45, 2.75) is 179 Å². The molecular weight excluding hydrogens is 1050 g/mol. The summed E-state index contributed by atoms with van der Waals surface area (Å²) in [6.45, 7) is 11.1. The summed E-state index contributed by atoms with van der Waals surface area (Å²) in [6.07, 6.45) is -0.0747. The molecule has 2 aliphatic heterocycles. The van der Waals surface area contributed by atoms with Gasteiger partial charge in [-0.15, -0.1) is 0 Å². The second-order valence-electron chi connectivity index (χ2n) is 21.9. The third-order valence-electron chi connectivity index (χ3n) is 14.4. The number of carboxylic acid groups (broad SMARTS) is 2. The molecule has 9 amide bonds. The van der Waals surface area contributed by atoms with Crippen LogP contribution in [0.2, 0.25) is 0 Å². The van der Waals surface area contributed by atoms with Crippen LogP contribution in [0.15, 0.2) is 48.5 Å². The lowest BCUT2D eigenvalue weighted by molar-refractivity contribution is -0.144. The van der Waals surface area contributed by atoms with Crippen molar-refractivity contribution in [3.05, 3.63) is 59.7 Å². The maximum Gasteiger partial charge on any atom is 0.326 e. The lowest BCUT2D eigenvalue weighted by Gasteiger charge is -2.33. The van der Waals surface area contributed by atoms with E-state index in [1.165, 1.54) is 46.2 Å². The van der Waals surface area contributed by atoms with Crippen LogP contribution in [-0.4, -0.2) is 163 Å². The zero-order valence-electron chi connectivity index (χ0n) is 47.0. The SMILES string of the molecule is CC[C@H](C)[C@H](NC(=O)[C@@H]1CCCN1C(=O)[C@@H](N)Cc1ccc(O)cc1)C(=O)N[C@@H](CC(C)C)C(=O)N1CCC[C@H]1C(=O)N[C@@H](CCC(=O)O)C(=O)N[C@@H](Cc1ccc(O)cc1)C(=O)N[C@@H](CC(C)C)C(=O)N[C@@H](CCC(N)=O)C(=O)O. The van der Waals surface area contributed by atoms with Gasteiger partial charge in [0, 0.05) is 32.4 Å². The Bertz CT molecular complexity index is 2550. The Morgan fingerprint density at radius 1 is 0.556 bits per heavy atom. The average molecular weight is 1140 g/mol. The second-order valence-corrected chi connectivity index (χ2v) is 21.9. The molecule has 0 aromatic heterocycles. The first kappa shape index (κ1) is 65.7. The third kappa shape index (κ3) is 20.3. The van der Waals surface area contributed by atoms with Gasteiger partial charge in [0.15, 0.2) is 0 Å². The van der Waals surface area contributed by atoms with Crippen LogP contribution in [-0.2, 0) is 65.6 Å². The monoisotopic (exact) mass is 1130 g/mol. The van der Waals surface area contributed by atoms with Crippen LogP contribution < -0.4 is 43.4 Å². The van der Waals surface area contributed by atoms with Crippen LogP contribution >= 0.6 is 0 Å². The standard InChI is InChI=1S/C56H82N10O15/c1-7-32(6)47(64-52(76)44-11-8-24-65(44)54(78)37(57)28-33-12-16-35(67)17-13-33)53(77)63-42(27-31(4)5)55(79)66-25-9-10-43(66)51(75)59-38(21-23-46(70)71)48(72)62-41(29-34-14-18-36(68)19-15-34)50(74)61-40(26-30(2)3)49(73)60-39(56(80)81)20-22-45(58)69/h12-19,30-32,37-44,47,67-68H,7-11,20-29,57H2,1-6H3,(H2,58,69)(H,59,75)(H,60,73)(H,61,74)(H,62,72)(H,63,77)(H,64,76)(H,70,71)(H,80,81)/t32-,37-,38-,39-,40-,41-,42-,43-,44-,47-/m0/s1. The van der Waals surface area contributed by atoms with Crippen LogP contribution in [0.5, 0.6) is 11.5 Å². The molecule has 2 aromatic rings. The van der Waals surface area contributed by atoms with Crippen molar-refractivity contribution in [1.82, 2.24) is 41.7 Å². The fraction of sp³-hybridized carbons (Fsp3) is 0.589. The molecule has 0 radical (unpaired) electrons. The molecule has 25 nitrogen and oxygen atoms in total. The molecule has 0 unspecified atom stereocenters. The van der Waals surface area contributed by atoms with Crippen LogP contribution in [0, 0.1) is 17.8 Å². The van der Waals surface area contributed by atoms with E-state index in [4.69, 9.17) is 11.5 Å². The molecule has 0 saturated carbocycles. The van der Waals surface area contributed by atoms with Crippen LogP contribution in [0.3, 0.4) is 0 Å². The maximum atomic E-state index is 14.6. The normalized spacial score (nSPS) is 18.0. The molecule has 2 aliphatic rings. The van der Waals surface area contributed by atoms with Gasteiger partial charge < -0.3 is 73.6 Å². The van der Waals surface area contributed by atoms with E-state index in [1.54, 1.807) is 32.9 Å². The van der Waals surface area contributed by atoms with Gasteiger partial charge in [-0.2, -0.15) is 0 Å². The summed E-state index contributed by atoms with van der Waals surface area (Å²) in [6, 6.07) is 0.362. The largest absolute Gasteiger partial charge is 0.508 e. The highest BCUT2D eigenvalue weighted by Crippen LogP contribution is 2.24. The van der Waals surface area contributed by atoms with E-state index in [-0.39, 0.29) is 81.4 Å². The minimum Gasteiger partial charge on any atom is -0.508 e. The molecule has 0 bridgehead atoms. The molecule has 2 heterocycles. The summed E-state index contributed by atoms with van der Waals surface area (Å²) in [5.74, 6) is -10.5. The molecule has 0 spiro atoms. The summed E-state index contributed by atoms with van der Waals surface area (Å²) < 4.78 is 0. The minimum atomic E-state index is -1.61. The van der Waals surface area contributed by atoms with Crippen molar-refractivity contribution in [3.8, 4) is 11.5 Å². The first-order valence-corrected chi connectivity index (χ1v) is 27.7. The number of hydrogen-bond donors (Lipinski definition) is 12. The number of nitrogens with one attached hydrogen (secondary N) is 6. The number of likely N-dealkylation sites (tertiary alicyclic amines) is 2. The molecule has 81 heavy (non-hydrogen) atoms. The summed E-state index contributed by atoms with van der Waals surface area (Å²) >= 11 is 0. The molecule has 2 aromatic carbocycles. The van der Waals surface area contributed by atoms with Gasteiger partial charge in [-0.05, 0) is 111 Å². The Kier molecular flexibility index (Phi) is 25.3. The van der Waals surface area contributed by atoms with Crippen LogP contribution in [0.25, 0.3) is 0 Å². The zero-order valence-corrected chi connectivity index (χ0v) is 47.0. The van der Waals surface area contributed by atoms with Crippen LogP contribution in [0.4, 0.5) is 0 Å². The van der Waals surface area contributed by atoms with Crippen molar-refractivity contribution in [2.24, 2.45) is 29.2 Å². The average Bonchev–Trinajstić information content (AvgIpc) is 4.12. The Labute approximate surface area is 471 Å². The molecule has 0 aliphatic carbocycles. The number of hydrogen-bond acceptors (Lipinski definition) is 14. The Morgan fingerprint density at radius 3 is 1.51 bits per heavy atom. The van der Waals surface area contributed by atoms with Gasteiger partial charge in [-0.25, -0.2) is 4.79 Å². The number of phenolic OH excluding ortho intramolecular Hbond substituents is 2. The molecule has 25 heteroatoms. The lowest BCUT2D eigenvalue weighted by Crippen LogP contribution is -2.61. The number of carbonyl (C=O) groups is 11. The maximum absolute atomic E-state index is 14.6. The van der Waals surface area contributed by atoms with Crippen molar-refractivity contribution < 1.29 is 73.2 Å². The number of amides is 9. The summed E-state index contributed by atoms with van der Waals surface area (Å²) in [5.41, 5.74) is 12.7. The molecular formula is C56H82N10O15. The van der Waals surface area contributed by atoms with E-state index < -0.39 is 138 Å². The van der Waals surface area contributed by atoms with E-state index in [1.807, 2.05) is 20.8 Å². The highest BCUT2D eigenvalue weighted by molar-refractivity contribution is 5.98. The third-order valence-corrected chi connectivity index (χ3v) is 14.4. The van der Waals surface area contributed by atoms with E-state index in [2.05, 4.69) is 31.9 Å². The van der Waals surface area contributed by atoms with Crippen molar-refractivity contribution in [1.29, 1.82) is 0 Å². The molecule has 2 saturated heterocycles. The highest BCUT2D eigenvalue weighted by atomic mass is 16.4. The van der Waals surface area contributed by atoms with E-state index in [0.29, 0.717) is 36.8 Å². The zero-order chi connectivity index (χ0) is 60.2. The van der Waals surface area contributed by atoms with E-state index >= 15 is 0 Å². The van der Waals surface area contributed by atoms with Crippen LogP contribution in [0.1, 0.15) is 123 Å². The van der Waals surface area contributed by atoms with Gasteiger partial charge in [0.1, 0.15) is 59.8 Å². The lowest BCUT2D eigenvalue weighted by atomic mass is 9.96. The first-order chi connectivity index (χ1) is 38.2. The van der Waals surface area contributed by atoms with Gasteiger partial charge in [0.2, 0.25) is 53.2 Å². The summed E-state index contributed by atoms with van der Waals surface area (Å²) in [5, 5.41) is 54.8. The van der Waals surface area contributed by atoms with Crippen molar-refractivity contribution in [3.63, 3.8) is 0 Å². The molecule has 10 atom stereocenters. The smallest absolute Gasteiger partial charge is 0.326 e. The Morgan fingerprint density at radius 2 is 1.00 bits per heavy atom. The number of phenols is 2. The van der Waals surface area contributed by atoms with Gasteiger partial charge in [0.25, 0.3) is 0 Å². The van der Waals surface area contributed by atoms with Crippen molar-refractivity contribution in [2.75, 3.05) is 13.1 Å². The van der Waals surface area contributed by atoms with Gasteiger partial charge in [-0.3, -0.25) is 47.9 Å². The highest BCUT2D eigenvalue weighted by Gasteiger charge is 2.42. The second kappa shape index (κ2) is 31.2. The predicted molar refractivity (Wildman–Crippen MR) is 294 cm³/mol. The Hall–Kier alpha value is -7.83. The number of aromatic hydroxyl groups is 2. The predicted octanol–water partition coefficient (Wildman–Crippen LogP) is 0.454. The van der Waals surface area contributed by atoms with Gasteiger partial charge in [-0.1, -0.05) is 72.2 Å². The number of carboxylic acids is 2. The number of carbonyl (C=O) groups excluding carboxylic acids is 9. The van der Waals surface area contributed by atoms with Crippen molar-refractivity contribution >= 4 is 65.1 Å². The number of primary amides is 1. The Balaban J connectivity index is 1.54. The summed E-state index contributed by atoms with van der Waals surface area (Å²) in [4.78, 5) is 151. The number of benzene rings is 2. The number of nitrogens with two attached hydrogens (primary N) is 2. The van der Waals surface area contributed by atoms with Gasteiger partial charge >= 0.3 is 11.9 Å². The summed E-state index contributed by atoms with van der Waals surface area (Å²) in [7, 11) is 0. The fourth-order valence-corrected chi connectivity index (χ4v) is 9.84. The number of aliphatic carboxylic acids is 2.